The standard InChI is InChI=1S/C19H16BrNO4S/c1-23-17-4-2-3-13(9-17)19-21-15(12-26-19)10-25-18(22)11-24-16-7-5-14(20)6-8-16/h2-9,12H,10-11H2,1H3. The molecule has 0 aliphatic carbocycles. The smallest absolute Gasteiger partial charge is 0.344 e. The number of methoxy groups -OCH3 is 1. The van der Waals surface area contributed by atoms with E-state index in [1.165, 1.54) is 11.3 Å². The summed E-state index contributed by atoms with van der Waals surface area (Å²) in [5, 5.41) is 2.72. The summed E-state index contributed by atoms with van der Waals surface area (Å²) >= 11 is 4.83. The van der Waals surface area contributed by atoms with Gasteiger partial charge in [0.2, 0.25) is 0 Å². The lowest BCUT2D eigenvalue weighted by molar-refractivity contribution is -0.147. The Morgan fingerprint density at radius 1 is 1.15 bits per heavy atom. The molecule has 5 nitrogen and oxygen atoms in total. The summed E-state index contributed by atoms with van der Waals surface area (Å²) < 4.78 is 16.8. The number of esters is 1. The Balaban J connectivity index is 1.51. The van der Waals surface area contributed by atoms with Gasteiger partial charge in [-0.05, 0) is 36.4 Å². The van der Waals surface area contributed by atoms with Crippen molar-refractivity contribution >= 4 is 33.2 Å². The third kappa shape index (κ3) is 5.06. The lowest BCUT2D eigenvalue weighted by Gasteiger charge is -2.06. The van der Waals surface area contributed by atoms with E-state index in [1.807, 2.05) is 41.8 Å². The lowest BCUT2D eigenvalue weighted by Crippen LogP contribution is -2.14. The zero-order valence-electron chi connectivity index (χ0n) is 14.0. The predicted octanol–water partition coefficient (Wildman–Crippen LogP) is 4.70. The number of ether oxygens (including phenoxy) is 3. The molecular formula is C19H16BrNO4S. The van der Waals surface area contributed by atoms with Crippen LogP contribution in [0.4, 0.5) is 0 Å². The summed E-state index contributed by atoms with van der Waals surface area (Å²) in [6.07, 6.45) is 0. The van der Waals surface area contributed by atoms with E-state index >= 15 is 0 Å². The molecule has 26 heavy (non-hydrogen) atoms. The number of hydrogen-bond donors (Lipinski definition) is 0. The van der Waals surface area contributed by atoms with E-state index < -0.39 is 5.97 Å². The summed E-state index contributed by atoms with van der Waals surface area (Å²) in [6, 6.07) is 14.9. The van der Waals surface area contributed by atoms with Gasteiger partial charge in [0.05, 0.1) is 12.8 Å². The Kier molecular flexibility index (Phi) is 6.25. The molecule has 7 heteroatoms. The molecule has 0 saturated carbocycles. The number of hydrogen-bond acceptors (Lipinski definition) is 6. The van der Waals surface area contributed by atoms with Crippen LogP contribution < -0.4 is 9.47 Å². The number of nitrogens with zero attached hydrogens (tertiary/aromatic N) is 1. The Morgan fingerprint density at radius 2 is 1.96 bits per heavy atom. The van der Waals surface area contributed by atoms with E-state index in [1.54, 1.807) is 19.2 Å². The van der Waals surface area contributed by atoms with Crippen LogP contribution in [-0.4, -0.2) is 24.7 Å². The van der Waals surface area contributed by atoms with E-state index in [2.05, 4.69) is 20.9 Å². The van der Waals surface area contributed by atoms with Gasteiger partial charge in [0, 0.05) is 15.4 Å². The maximum Gasteiger partial charge on any atom is 0.344 e. The van der Waals surface area contributed by atoms with Crippen LogP contribution in [0.5, 0.6) is 11.5 Å². The molecular weight excluding hydrogens is 418 g/mol. The second-order valence-corrected chi connectivity index (χ2v) is 7.05. The number of carbonyl (C=O) groups is 1. The van der Waals surface area contributed by atoms with Crippen molar-refractivity contribution in [2.24, 2.45) is 0 Å². The van der Waals surface area contributed by atoms with Crippen LogP contribution in [0, 0.1) is 0 Å². The number of aromatic nitrogens is 1. The van der Waals surface area contributed by atoms with Crippen molar-refractivity contribution in [1.82, 2.24) is 4.98 Å². The second kappa shape index (κ2) is 8.82. The zero-order valence-corrected chi connectivity index (χ0v) is 16.4. The highest BCUT2D eigenvalue weighted by Gasteiger charge is 2.09. The molecule has 0 bridgehead atoms. The highest BCUT2D eigenvalue weighted by Crippen LogP contribution is 2.27. The molecule has 0 atom stereocenters. The fraction of sp³-hybridized carbons (Fsp3) is 0.158. The summed E-state index contributed by atoms with van der Waals surface area (Å²) in [7, 11) is 1.63. The highest BCUT2D eigenvalue weighted by atomic mass is 79.9. The van der Waals surface area contributed by atoms with Crippen LogP contribution in [0.25, 0.3) is 10.6 Å². The first-order valence-electron chi connectivity index (χ1n) is 7.77. The Labute approximate surface area is 163 Å². The molecule has 134 valence electrons. The van der Waals surface area contributed by atoms with Gasteiger partial charge in [0.25, 0.3) is 0 Å². The average Bonchev–Trinajstić information content (AvgIpc) is 3.15. The zero-order chi connectivity index (χ0) is 18.4. The molecule has 0 saturated heterocycles. The summed E-state index contributed by atoms with van der Waals surface area (Å²) in [6.45, 7) is -0.0302. The molecule has 0 radical (unpaired) electrons. The van der Waals surface area contributed by atoms with Gasteiger partial charge in [-0.1, -0.05) is 28.1 Å². The Hall–Kier alpha value is -2.38. The Bertz CT molecular complexity index is 879. The molecule has 0 unspecified atom stereocenters. The van der Waals surface area contributed by atoms with Gasteiger partial charge in [-0.3, -0.25) is 0 Å². The van der Waals surface area contributed by atoms with Crippen molar-refractivity contribution in [3.63, 3.8) is 0 Å². The number of thiazole rings is 1. The fourth-order valence-electron chi connectivity index (χ4n) is 2.13. The van der Waals surface area contributed by atoms with Crippen LogP contribution in [-0.2, 0) is 16.1 Å². The topological polar surface area (TPSA) is 57.7 Å². The van der Waals surface area contributed by atoms with E-state index in [9.17, 15) is 4.79 Å². The van der Waals surface area contributed by atoms with E-state index in [-0.39, 0.29) is 13.2 Å². The van der Waals surface area contributed by atoms with E-state index in [4.69, 9.17) is 14.2 Å². The number of rotatable bonds is 7. The van der Waals surface area contributed by atoms with Crippen molar-refractivity contribution in [2.45, 2.75) is 6.61 Å². The molecule has 0 N–H and O–H groups in total. The first kappa shape index (κ1) is 18.4. The van der Waals surface area contributed by atoms with Crippen molar-refractivity contribution in [1.29, 1.82) is 0 Å². The average molecular weight is 434 g/mol. The third-order valence-corrected chi connectivity index (χ3v) is 4.89. The molecule has 0 amide bonds. The van der Waals surface area contributed by atoms with E-state index in [0.29, 0.717) is 11.4 Å². The van der Waals surface area contributed by atoms with Crippen LogP contribution in [0.2, 0.25) is 0 Å². The Morgan fingerprint density at radius 3 is 2.73 bits per heavy atom. The molecule has 3 aromatic rings. The van der Waals surface area contributed by atoms with Gasteiger partial charge < -0.3 is 14.2 Å². The quantitative estimate of drug-likeness (QED) is 0.505. The molecule has 2 aromatic carbocycles. The summed E-state index contributed by atoms with van der Waals surface area (Å²) in [5.74, 6) is 0.943. The highest BCUT2D eigenvalue weighted by molar-refractivity contribution is 9.10. The molecule has 1 heterocycles. The SMILES string of the molecule is COc1cccc(-c2nc(COC(=O)COc3ccc(Br)cc3)cs2)c1. The van der Waals surface area contributed by atoms with E-state index in [0.717, 1.165) is 20.8 Å². The third-order valence-electron chi connectivity index (χ3n) is 3.42. The monoisotopic (exact) mass is 433 g/mol. The molecule has 0 aliphatic heterocycles. The molecule has 0 fully saturated rings. The number of halogens is 1. The molecule has 0 spiro atoms. The molecule has 3 rings (SSSR count). The first-order chi connectivity index (χ1) is 12.6. The summed E-state index contributed by atoms with van der Waals surface area (Å²) in [5.41, 5.74) is 1.66. The van der Waals surface area contributed by atoms with Gasteiger partial charge in [0.15, 0.2) is 6.61 Å². The van der Waals surface area contributed by atoms with Crippen LogP contribution in [0.15, 0.2) is 58.4 Å². The van der Waals surface area contributed by atoms with Gasteiger partial charge >= 0.3 is 5.97 Å². The minimum absolute atomic E-state index is 0.114. The number of benzene rings is 2. The van der Waals surface area contributed by atoms with Crippen molar-refractivity contribution in [2.75, 3.05) is 13.7 Å². The minimum atomic E-state index is -0.441. The summed E-state index contributed by atoms with van der Waals surface area (Å²) in [4.78, 5) is 16.3. The number of carbonyl (C=O) groups excluding carboxylic acids is 1. The van der Waals surface area contributed by atoms with Gasteiger partial charge in [-0.25, -0.2) is 9.78 Å². The molecule has 0 aliphatic rings. The van der Waals surface area contributed by atoms with Crippen molar-refractivity contribution < 1.29 is 19.0 Å². The minimum Gasteiger partial charge on any atom is -0.497 e. The van der Waals surface area contributed by atoms with Crippen molar-refractivity contribution in [3.8, 4) is 22.1 Å². The maximum absolute atomic E-state index is 11.8. The normalized spacial score (nSPS) is 10.4. The van der Waals surface area contributed by atoms with Gasteiger partial charge in [-0.15, -0.1) is 11.3 Å². The van der Waals surface area contributed by atoms with Crippen LogP contribution in [0.1, 0.15) is 5.69 Å². The molecule has 1 aromatic heterocycles. The predicted molar refractivity (Wildman–Crippen MR) is 104 cm³/mol. The van der Waals surface area contributed by atoms with Gasteiger partial charge in [-0.2, -0.15) is 0 Å². The van der Waals surface area contributed by atoms with Crippen LogP contribution in [0.3, 0.4) is 0 Å². The largest absolute Gasteiger partial charge is 0.497 e. The second-order valence-electron chi connectivity index (χ2n) is 5.28. The lowest BCUT2D eigenvalue weighted by atomic mass is 10.2. The first-order valence-corrected chi connectivity index (χ1v) is 9.44. The maximum atomic E-state index is 11.8. The fourth-order valence-corrected chi connectivity index (χ4v) is 3.20. The van der Waals surface area contributed by atoms with Gasteiger partial charge in [0.1, 0.15) is 23.1 Å². The van der Waals surface area contributed by atoms with Crippen molar-refractivity contribution in [3.05, 3.63) is 64.1 Å². The van der Waals surface area contributed by atoms with Crippen LogP contribution >= 0.6 is 27.3 Å².